The highest BCUT2D eigenvalue weighted by Crippen LogP contribution is 2.29. The number of nitrogens with one attached hydrogen (secondary N) is 1. The summed E-state index contributed by atoms with van der Waals surface area (Å²) in [5.41, 5.74) is 5.87. The molecule has 0 atom stereocenters. The van der Waals surface area contributed by atoms with Gasteiger partial charge in [0.2, 0.25) is 0 Å². The third-order valence-corrected chi connectivity index (χ3v) is 6.51. The Bertz CT molecular complexity index is 1370. The predicted molar refractivity (Wildman–Crippen MR) is 147 cm³/mol. The van der Waals surface area contributed by atoms with E-state index in [-0.39, 0.29) is 11.7 Å². The molecule has 0 bridgehead atoms. The first-order valence-electron chi connectivity index (χ1n) is 11.5. The van der Waals surface area contributed by atoms with Crippen LogP contribution in [-0.4, -0.2) is 45.9 Å². The fourth-order valence-electron chi connectivity index (χ4n) is 3.45. The van der Waals surface area contributed by atoms with Gasteiger partial charge in [-0.1, -0.05) is 23.4 Å². The number of hydrogen-bond donors (Lipinski definition) is 1. The Labute approximate surface area is 224 Å². The van der Waals surface area contributed by atoms with Gasteiger partial charge in [0.1, 0.15) is 11.5 Å². The van der Waals surface area contributed by atoms with Crippen LogP contribution in [0.25, 0.3) is 17.1 Å². The summed E-state index contributed by atoms with van der Waals surface area (Å²) >= 11 is 7.35. The number of amides is 1. The van der Waals surface area contributed by atoms with Crippen molar-refractivity contribution in [2.24, 2.45) is 5.10 Å². The third kappa shape index (κ3) is 6.69. The highest BCUT2D eigenvalue weighted by Gasteiger charge is 2.17. The lowest BCUT2D eigenvalue weighted by Gasteiger charge is -2.11. The van der Waals surface area contributed by atoms with Crippen LogP contribution >= 0.6 is 23.4 Å². The van der Waals surface area contributed by atoms with E-state index < -0.39 is 0 Å². The molecular weight excluding hydrogens is 510 g/mol. The Morgan fingerprint density at radius 2 is 1.68 bits per heavy atom. The molecule has 0 radical (unpaired) electrons. The van der Waals surface area contributed by atoms with Gasteiger partial charge in [-0.3, -0.25) is 9.36 Å². The summed E-state index contributed by atoms with van der Waals surface area (Å²) in [5.74, 6) is 2.01. The zero-order chi connectivity index (χ0) is 26.2. The molecule has 4 rings (SSSR count). The van der Waals surface area contributed by atoms with E-state index in [0.29, 0.717) is 28.3 Å². The molecule has 0 aliphatic rings. The molecule has 8 nitrogen and oxygen atoms in total. The maximum absolute atomic E-state index is 12.6. The van der Waals surface area contributed by atoms with Gasteiger partial charge < -0.3 is 9.47 Å². The van der Waals surface area contributed by atoms with Crippen LogP contribution < -0.4 is 14.9 Å². The second kappa shape index (κ2) is 12.4. The van der Waals surface area contributed by atoms with Gasteiger partial charge in [0.15, 0.2) is 11.0 Å². The van der Waals surface area contributed by atoms with Gasteiger partial charge >= 0.3 is 0 Å². The number of hydrazone groups is 1. The summed E-state index contributed by atoms with van der Waals surface area (Å²) in [6, 6.07) is 22.5. The first kappa shape index (κ1) is 26.2. The van der Waals surface area contributed by atoms with Crippen LogP contribution in [0.4, 0.5) is 0 Å². The van der Waals surface area contributed by atoms with Gasteiger partial charge in [-0.15, -0.1) is 10.2 Å². The lowest BCUT2D eigenvalue weighted by atomic mass is 10.1. The van der Waals surface area contributed by atoms with Crippen LogP contribution in [0.15, 0.2) is 83.1 Å². The molecule has 10 heteroatoms. The molecule has 0 saturated heterocycles. The molecule has 1 amide bonds. The minimum atomic E-state index is -0.257. The summed E-state index contributed by atoms with van der Waals surface area (Å²) in [6.07, 6.45) is 0. The van der Waals surface area contributed by atoms with Gasteiger partial charge in [-0.25, -0.2) is 5.43 Å². The number of halogens is 1. The topological polar surface area (TPSA) is 90.6 Å². The summed E-state index contributed by atoms with van der Waals surface area (Å²) in [7, 11) is 1.61. The molecule has 1 heterocycles. The van der Waals surface area contributed by atoms with E-state index in [1.807, 2.05) is 79.1 Å². The number of rotatable bonds is 10. The van der Waals surface area contributed by atoms with E-state index in [1.165, 1.54) is 11.8 Å². The highest BCUT2D eigenvalue weighted by molar-refractivity contribution is 7.99. The van der Waals surface area contributed by atoms with Gasteiger partial charge in [0, 0.05) is 16.3 Å². The Balaban J connectivity index is 1.52. The first-order valence-corrected chi connectivity index (χ1v) is 12.9. The Hall–Kier alpha value is -3.82. The molecule has 0 unspecified atom stereocenters. The number of aromatic nitrogens is 3. The smallest absolute Gasteiger partial charge is 0.250 e. The molecule has 0 aliphatic heterocycles. The average molecular weight is 536 g/mol. The number of carbonyl (C=O) groups excluding carboxylic acids is 1. The van der Waals surface area contributed by atoms with Gasteiger partial charge in [0.05, 0.1) is 25.2 Å². The molecule has 3 aromatic carbocycles. The average Bonchev–Trinajstić information content (AvgIpc) is 3.35. The van der Waals surface area contributed by atoms with Crippen LogP contribution in [0.3, 0.4) is 0 Å². The Kier molecular flexibility index (Phi) is 8.81. The van der Waals surface area contributed by atoms with Gasteiger partial charge in [0.25, 0.3) is 5.91 Å². The van der Waals surface area contributed by atoms with Gasteiger partial charge in [-0.2, -0.15) is 5.10 Å². The number of benzene rings is 3. The lowest BCUT2D eigenvalue weighted by Crippen LogP contribution is -2.21. The number of methoxy groups -OCH3 is 1. The quantitative estimate of drug-likeness (QED) is 0.161. The van der Waals surface area contributed by atoms with E-state index in [4.69, 9.17) is 21.1 Å². The van der Waals surface area contributed by atoms with Crippen molar-refractivity contribution in [2.45, 2.75) is 19.0 Å². The molecule has 0 spiro atoms. The lowest BCUT2D eigenvalue weighted by molar-refractivity contribution is -0.118. The van der Waals surface area contributed by atoms with Crippen LogP contribution in [0.5, 0.6) is 11.5 Å². The third-order valence-electron chi connectivity index (χ3n) is 5.33. The number of ether oxygens (including phenoxy) is 2. The second-order valence-corrected chi connectivity index (χ2v) is 9.20. The fraction of sp³-hybridized carbons (Fsp3) is 0.185. The molecule has 4 aromatic rings. The van der Waals surface area contributed by atoms with Crippen molar-refractivity contribution in [3.63, 3.8) is 0 Å². The Morgan fingerprint density at radius 3 is 2.32 bits per heavy atom. The van der Waals surface area contributed by atoms with Crippen LogP contribution in [0.1, 0.15) is 19.4 Å². The van der Waals surface area contributed by atoms with E-state index in [9.17, 15) is 4.79 Å². The van der Waals surface area contributed by atoms with Crippen molar-refractivity contribution >= 4 is 35.0 Å². The molecule has 1 N–H and O–H groups in total. The zero-order valence-corrected chi connectivity index (χ0v) is 22.2. The largest absolute Gasteiger partial charge is 0.497 e. The van der Waals surface area contributed by atoms with E-state index in [2.05, 4.69) is 20.7 Å². The maximum Gasteiger partial charge on any atom is 0.250 e. The molecule has 190 valence electrons. The van der Waals surface area contributed by atoms with Gasteiger partial charge in [-0.05, 0) is 92.2 Å². The van der Waals surface area contributed by atoms with Crippen LogP contribution in [0.2, 0.25) is 5.02 Å². The Morgan fingerprint density at radius 1 is 1.00 bits per heavy atom. The zero-order valence-electron chi connectivity index (χ0n) is 20.6. The number of carbonyl (C=O) groups is 1. The van der Waals surface area contributed by atoms with E-state index in [1.54, 1.807) is 19.2 Å². The minimum absolute atomic E-state index is 0.106. The number of hydrogen-bond acceptors (Lipinski definition) is 7. The van der Waals surface area contributed by atoms with Crippen molar-refractivity contribution in [3.05, 3.63) is 83.4 Å². The summed E-state index contributed by atoms with van der Waals surface area (Å²) in [5, 5.41) is 14.2. The van der Waals surface area contributed by atoms with E-state index >= 15 is 0 Å². The van der Waals surface area contributed by atoms with Crippen molar-refractivity contribution in [3.8, 4) is 28.6 Å². The molecule has 0 aliphatic carbocycles. The SMILES string of the molecule is CCOc1ccc(-n2c(SCC(=O)N/N=C(/C)c3ccc(OC)cc3)nnc2-c2ccc(Cl)cc2)cc1. The number of thioether (sulfide) groups is 1. The second-order valence-electron chi connectivity index (χ2n) is 7.82. The maximum atomic E-state index is 12.6. The van der Waals surface area contributed by atoms with Crippen molar-refractivity contribution in [2.75, 3.05) is 19.5 Å². The first-order chi connectivity index (χ1) is 18.0. The molecule has 0 fully saturated rings. The monoisotopic (exact) mass is 535 g/mol. The summed E-state index contributed by atoms with van der Waals surface area (Å²) < 4.78 is 12.7. The predicted octanol–water partition coefficient (Wildman–Crippen LogP) is 5.63. The van der Waals surface area contributed by atoms with Crippen LogP contribution in [-0.2, 0) is 4.79 Å². The fourth-order valence-corrected chi connectivity index (χ4v) is 4.32. The molecular formula is C27H26ClN5O3S. The van der Waals surface area contributed by atoms with E-state index in [0.717, 1.165) is 28.3 Å². The molecule has 37 heavy (non-hydrogen) atoms. The summed E-state index contributed by atoms with van der Waals surface area (Å²) in [6.45, 7) is 4.35. The minimum Gasteiger partial charge on any atom is -0.497 e. The van der Waals surface area contributed by atoms with Crippen LogP contribution in [0, 0.1) is 0 Å². The molecule has 1 aromatic heterocycles. The number of nitrogens with zero attached hydrogens (tertiary/aromatic N) is 4. The van der Waals surface area contributed by atoms with Crippen molar-refractivity contribution in [1.29, 1.82) is 0 Å². The van der Waals surface area contributed by atoms with Crippen molar-refractivity contribution < 1.29 is 14.3 Å². The standard InChI is InChI=1S/C27H26ClN5O3S/c1-4-36-24-15-11-22(12-16-24)33-26(20-5-9-21(28)10-6-20)31-32-27(33)37-17-25(34)30-29-18(2)19-7-13-23(35-3)14-8-19/h5-16H,4,17H2,1-3H3,(H,30,34)/b29-18-. The van der Waals surface area contributed by atoms with Crippen molar-refractivity contribution in [1.82, 2.24) is 20.2 Å². The summed E-state index contributed by atoms with van der Waals surface area (Å²) in [4.78, 5) is 12.6. The normalized spacial score (nSPS) is 11.3. The molecule has 0 saturated carbocycles. The highest BCUT2D eigenvalue weighted by atomic mass is 35.5.